The predicted molar refractivity (Wildman–Crippen MR) is 114 cm³/mol. The van der Waals surface area contributed by atoms with Crippen molar-refractivity contribution in [2.45, 2.75) is 26.7 Å². The molecule has 0 saturated heterocycles. The molecule has 0 aliphatic heterocycles. The van der Waals surface area contributed by atoms with E-state index in [-0.39, 0.29) is 24.0 Å². The van der Waals surface area contributed by atoms with E-state index in [1.54, 1.807) is 32.0 Å². The second kappa shape index (κ2) is 9.17. The van der Waals surface area contributed by atoms with Gasteiger partial charge in [0.1, 0.15) is 16.5 Å². The lowest BCUT2D eigenvalue weighted by Crippen LogP contribution is -2.16. The van der Waals surface area contributed by atoms with Gasteiger partial charge in [0.25, 0.3) is 5.91 Å². The molecule has 1 fully saturated rings. The number of amides is 2. The molecule has 2 amide bonds. The summed E-state index contributed by atoms with van der Waals surface area (Å²) in [6, 6.07) is 5.04. The molecule has 30 heavy (non-hydrogen) atoms. The summed E-state index contributed by atoms with van der Waals surface area (Å²) in [5, 5.41) is 5.91. The third-order valence-electron chi connectivity index (χ3n) is 4.67. The van der Waals surface area contributed by atoms with Crippen LogP contribution in [0.4, 0.5) is 10.7 Å². The minimum absolute atomic E-state index is 0.0410. The number of methoxy groups -OCH3 is 2. The molecule has 9 heteroatoms. The van der Waals surface area contributed by atoms with E-state index in [9.17, 15) is 14.4 Å². The second-order valence-electron chi connectivity index (χ2n) is 6.76. The van der Waals surface area contributed by atoms with E-state index in [4.69, 9.17) is 14.2 Å². The van der Waals surface area contributed by atoms with Crippen molar-refractivity contribution in [2.75, 3.05) is 31.5 Å². The van der Waals surface area contributed by atoms with Gasteiger partial charge in [0.05, 0.1) is 37.0 Å². The van der Waals surface area contributed by atoms with Gasteiger partial charge in [-0.3, -0.25) is 9.59 Å². The zero-order valence-electron chi connectivity index (χ0n) is 17.3. The van der Waals surface area contributed by atoms with Crippen molar-refractivity contribution < 1.29 is 28.6 Å². The average molecular weight is 432 g/mol. The Morgan fingerprint density at radius 1 is 1.13 bits per heavy atom. The number of hydrogen-bond donors (Lipinski definition) is 2. The molecule has 8 nitrogen and oxygen atoms in total. The monoisotopic (exact) mass is 432 g/mol. The van der Waals surface area contributed by atoms with E-state index in [0.29, 0.717) is 32.6 Å². The van der Waals surface area contributed by atoms with E-state index >= 15 is 0 Å². The van der Waals surface area contributed by atoms with Crippen LogP contribution in [-0.2, 0) is 9.53 Å². The minimum atomic E-state index is -0.574. The summed E-state index contributed by atoms with van der Waals surface area (Å²) in [7, 11) is 3.02. The number of rotatable bonds is 8. The summed E-state index contributed by atoms with van der Waals surface area (Å²) in [6.45, 7) is 3.55. The topological polar surface area (TPSA) is 103 Å². The Morgan fingerprint density at radius 2 is 1.87 bits per heavy atom. The van der Waals surface area contributed by atoms with Gasteiger partial charge >= 0.3 is 5.97 Å². The van der Waals surface area contributed by atoms with Gasteiger partial charge in [0.2, 0.25) is 5.91 Å². The average Bonchev–Trinajstić information content (AvgIpc) is 3.52. The zero-order chi connectivity index (χ0) is 21.8. The number of ether oxygens (including phenoxy) is 3. The maximum atomic E-state index is 13.0. The molecular formula is C21H24N2O6S. The van der Waals surface area contributed by atoms with Gasteiger partial charge in [0.15, 0.2) is 0 Å². The van der Waals surface area contributed by atoms with E-state index < -0.39 is 11.9 Å². The van der Waals surface area contributed by atoms with Crippen LogP contribution in [0.2, 0.25) is 0 Å². The van der Waals surface area contributed by atoms with Crippen LogP contribution in [0.5, 0.6) is 11.5 Å². The predicted octanol–water partition coefficient (Wildman–Crippen LogP) is 3.85. The van der Waals surface area contributed by atoms with Gasteiger partial charge in [-0.2, -0.15) is 0 Å². The first-order valence-electron chi connectivity index (χ1n) is 9.54. The van der Waals surface area contributed by atoms with Crippen molar-refractivity contribution >= 4 is 39.8 Å². The third kappa shape index (κ3) is 4.56. The molecule has 1 heterocycles. The molecule has 1 aliphatic carbocycles. The van der Waals surface area contributed by atoms with Crippen molar-refractivity contribution in [1.82, 2.24) is 0 Å². The van der Waals surface area contributed by atoms with E-state index in [1.807, 2.05) is 0 Å². The largest absolute Gasteiger partial charge is 0.497 e. The number of carbonyl (C=O) groups is 3. The molecule has 2 aromatic rings. The molecule has 1 aliphatic rings. The maximum Gasteiger partial charge on any atom is 0.341 e. The normalized spacial score (nSPS) is 12.8. The van der Waals surface area contributed by atoms with Crippen LogP contribution in [0, 0.1) is 12.8 Å². The molecule has 1 saturated carbocycles. The van der Waals surface area contributed by atoms with Crippen molar-refractivity contribution in [3.05, 3.63) is 34.2 Å². The van der Waals surface area contributed by atoms with Crippen LogP contribution in [0.25, 0.3) is 0 Å². The summed E-state index contributed by atoms with van der Waals surface area (Å²) in [5.41, 5.74) is 1.08. The number of hydrogen-bond acceptors (Lipinski definition) is 7. The first-order chi connectivity index (χ1) is 14.4. The van der Waals surface area contributed by atoms with Gasteiger partial charge in [-0.1, -0.05) is 0 Å². The van der Waals surface area contributed by atoms with Gasteiger partial charge in [-0.05, 0) is 44.4 Å². The van der Waals surface area contributed by atoms with Gasteiger partial charge < -0.3 is 24.8 Å². The number of carbonyl (C=O) groups excluding carboxylic acids is 3. The minimum Gasteiger partial charge on any atom is -0.497 e. The molecule has 0 bridgehead atoms. The van der Waals surface area contributed by atoms with Crippen LogP contribution >= 0.6 is 11.3 Å². The highest BCUT2D eigenvalue weighted by atomic mass is 32.1. The highest BCUT2D eigenvalue weighted by molar-refractivity contribution is 7.19. The van der Waals surface area contributed by atoms with Gasteiger partial charge in [-0.25, -0.2) is 4.79 Å². The van der Waals surface area contributed by atoms with Crippen molar-refractivity contribution in [3.8, 4) is 11.5 Å². The standard InChI is InChI=1S/C21H24N2O6S/c1-5-29-21(26)16-11(2)17(30-20(16)23-18(24)12-6-7-12)19(25)22-14-10-13(27-3)8-9-15(14)28-4/h8-10,12H,5-7H2,1-4H3,(H,22,25)(H,23,24). The molecule has 0 spiro atoms. The molecule has 2 N–H and O–H groups in total. The van der Waals surface area contributed by atoms with Crippen LogP contribution in [0.3, 0.4) is 0 Å². The van der Waals surface area contributed by atoms with Crippen molar-refractivity contribution in [1.29, 1.82) is 0 Å². The summed E-state index contributed by atoms with van der Waals surface area (Å²) < 4.78 is 15.6. The summed E-state index contributed by atoms with van der Waals surface area (Å²) >= 11 is 1.05. The Balaban J connectivity index is 1.93. The van der Waals surface area contributed by atoms with E-state index in [0.717, 1.165) is 24.2 Å². The van der Waals surface area contributed by atoms with Gasteiger partial charge in [0, 0.05) is 12.0 Å². The molecule has 1 aromatic carbocycles. The molecule has 3 rings (SSSR count). The first-order valence-corrected chi connectivity index (χ1v) is 10.4. The number of nitrogens with one attached hydrogen (secondary N) is 2. The van der Waals surface area contributed by atoms with E-state index in [1.165, 1.54) is 14.2 Å². The van der Waals surface area contributed by atoms with Crippen LogP contribution in [0.15, 0.2) is 18.2 Å². The van der Waals surface area contributed by atoms with Crippen molar-refractivity contribution in [2.24, 2.45) is 5.92 Å². The van der Waals surface area contributed by atoms with Crippen LogP contribution < -0.4 is 20.1 Å². The Labute approximate surface area is 178 Å². The fourth-order valence-electron chi connectivity index (χ4n) is 2.92. The molecule has 0 radical (unpaired) electrons. The Kier molecular flexibility index (Phi) is 6.61. The lowest BCUT2D eigenvalue weighted by molar-refractivity contribution is -0.117. The lowest BCUT2D eigenvalue weighted by Gasteiger charge is -2.11. The summed E-state index contributed by atoms with van der Waals surface area (Å²) in [4.78, 5) is 38.1. The first kappa shape index (κ1) is 21.6. The number of thiophene rings is 1. The fraction of sp³-hybridized carbons (Fsp3) is 0.381. The molecule has 160 valence electrons. The molecule has 1 aromatic heterocycles. The van der Waals surface area contributed by atoms with Gasteiger partial charge in [-0.15, -0.1) is 11.3 Å². The summed E-state index contributed by atoms with van der Waals surface area (Å²) in [6.07, 6.45) is 1.65. The quantitative estimate of drug-likeness (QED) is 0.614. The third-order valence-corrected chi connectivity index (χ3v) is 5.88. The number of benzene rings is 1. The smallest absolute Gasteiger partial charge is 0.341 e. The molecular weight excluding hydrogens is 408 g/mol. The SMILES string of the molecule is CCOC(=O)c1c(NC(=O)C2CC2)sc(C(=O)Nc2cc(OC)ccc2OC)c1C. The maximum absolute atomic E-state index is 13.0. The Morgan fingerprint density at radius 3 is 2.47 bits per heavy atom. The van der Waals surface area contributed by atoms with Crippen LogP contribution in [0.1, 0.15) is 45.4 Å². The number of anilines is 2. The highest BCUT2D eigenvalue weighted by Crippen LogP contribution is 2.37. The zero-order valence-corrected chi connectivity index (χ0v) is 18.1. The molecule has 0 unspecified atom stereocenters. The number of esters is 1. The second-order valence-corrected chi connectivity index (χ2v) is 7.79. The van der Waals surface area contributed by atoms with E-state index in [2.05, 4.69) is 10.6 Å². The Bertz CT molecular complexity index is 980. The fourth-order valence-corrected chi connectivity index (χ4v) is 4.01. The lowest BCUT2D eigenvalue weighted by atomic mass is 10.1. The van der Waals surface area contributed by atoms with Crippen LogP contribution in [-0.4, -0.2) is 38.6 Å². The molecule has 0 atom stereocenters. The Hall–Kier alpha value is -3.07. The van der Waals surface area contributed by atoms with Crippen molar-refractivity contribution in [3.63, 3.8) is 0 Å². The summed E-state index contributed by atoms with van der Waals surface area (Å²) in [5.74, 6) is -0.175. The highest BCUT2D eigenvalue weighted by Gasteiger charge is 2.33.